The Bertz CT molecular complexity index is 1150. The molecule has 0 saturated heterocycles. The van der Waals surface area contributed by atoms with Gasteiger partial charge in [0, 0.05) is 54.5 Å². The zero-order valence-corrected chi connectivity index (χ0v) is 19.8. The molecule has 0 fully saturated rings. The molecule has 0 radical (unpaired) electrons. The van der Waals surface area contributed by atoms with Crippen molar-refractivity contribution < 1.29 is 14.3 Å². The molecule has 2 amide bonds. The molecule has 1 unspecified atom stereocenters. The third kappa shape index (κ3) is 4.53. The summed E-state index contributed by atoms with van der Waals surface area (Å²) >= 11 is 0. The molecule has 2 aromatic carbocycles. The lowest BCUT2D eigenvalue weighted by Gasteiger charge is -2.26. The molecule has 1 atom stereocenters. The van der Waals surface area contributed by atoms with Crippen molar-refractivity contribution >= 4 is 22.7 Å². The van der Waals surface area contributed by atoms with Crippen molar-refractivity contribution in [3.8, 4) is 0 Å². The zero-order valence-electron chi connectivity index (χ0n) is 19.8. The number of carbonyl (C=O) groups is 2. The second-order valence-electron chi connectivity index (χ2n) is 8.67. The Morgan fingerprint density at radius 1 is 1.06 bits per heavy atom. The second kappa shape index (κ2) is 10.2. The Labute approximate surface area is 195 Å². The summed E-state index contributed by atoms with van der Waals surface area (Å²) in [6.07, 6.45) is 2.93. The van der Waals surface area contributed by atoms with E-state index in [9.17, 15) is 9.59 Å². The van der Waals surface area contributed by atoms with Gasteiger partial charge in [-0.3, -0.25) is 9.59 Å². The molecule has 6 heteroatoms. The number of fused-ring (bicyclic) bond motifs is 2. The highest BCUT2D eigenvalue weighted by Crippen LogP contribution is 2.43. The normalized spacial score (nSPS) is 15.3. The number of hydrogen-bond donors (Lipinski definition) is 1. The van der Waals surface area contributed by atoms with E-state index in [2.05, 4.69) is 35.9 Å². The molecule has 174 valence electrons. The fourth-order valence-electron chi connectivity index (χ4n) is 4.70. The molecule has 2 heterocycles. The number of aryl methyl sites for hydroxylation is 1. The van der Waals surface area contributed by atoms with Crippen LogP contribution in [-0.4, -0.2) is 47.6 Å². The van der Waals surface area contributed by atoms with Gasteiger partial charge >= 0.3 is 0 Å². The first-order valence-corrected chi connectivity index (χ1v) is 11.8. The van der Waals surface area contributed by atoms with E-state index < -0.39 is 0 Å². The van der Waals surface area contributed by atoms with Crippen LogP contribution in [0.5, 0.6) is 0 Å². The van der Waals surface area contributed by atoms with Crippen LogP contribution >= 0.6 is 0 Å². The fraction of sp³-hybridized carbons (Fsp3) is 0.407. The lowest BCUT2D eigenvalue weighted by Crippen LogP contribution is -2.40. The van der Waals surface area contributed by atoms with Gasteiger partial charge in [-0.05, 0) is 37.5 Å². The maximum absolute atomic E-state index is 13.4. The minimum atomic E-state index is -0.289. The molecule has 0 saturated carbocycles. The maximum atomic E-state index is 13.4. The number of rotatable bonds is 10. The SMILES string of the molecule is CCCCOCCCNC(=O)CN1C(=O)c2ccccc2C1c1c(C)n(C)c2ccccc12. The Morgan fingerprint density at radius 2 is 1.79 bits per heavy atom. The van der Waals surface area contributed by atoms with Gasteiger partial charge in [-0.25, -0.2) is 0 Å². The number of carbonyl (C=O) groups excluding carboxylic acids is 2. The summed E-state index contributed by atoms with van der Waals surface area (Å²) in [4.78, 5) is 27.9. The van der Waals surface area contributed by atoms with Crippen LogP contribution in [0.4, 0.5) is 0 Å². The average Bonchev–Trinajstić information content (AvgIpc) is 3.24. The minimum Gasteiger partial charge on any atom is -0.381 e. The first-order chi connectivity index (χ1) is 16.0. The van der Waals surface area contributed by atoms with Gasteiger partial charge in [0.25, 0.3) is 5.91 Å². The van der Waals surface area contributed by atoms with E-state index in [1.54, 1.807) is 4.90 Å². The minimum absolute atomic E-state index is 0.0253. The number of aromatic nitrogens is 1. The summed E-state index contributed by atoms with van der Waals surface area (Å²) in [5.74, 6) is -0.242. The van der Waals surface area contributed by atoms with Crippen LogP contribution in [0.15, 0.2) is 48.5 Å². The molecule has 0 bridgehead atoms. The van der Waals surface area contributed by atoms with Crippen LogP contribution in [0.2, 0.25) is 0 Å². The molecule has 0 aliphatic carbocycles. The summed E-state index contributed by atoms with van der Waals surface area (Å²) in [6, 6.07) is 15.6. The van der Waals surface area contributed by atoms with E-state index in [1.807, 2.05) is 43.4 Å². The second-order valence-corrected chi connectivity index (χ2v) is 8.67. The van der Waals surface area contributed by atoms with Crippen LogP contribution in [0.3, 0.4) is 0 Å². The molecule has 1 aliphatic rings. The molecule has 0 spiro atoms. The Morgan fingerprint density at radius 3 is 2.61 bits per heavy atom. The summed E-state index contributed by atoms with van der Waals surface area (Å²) in [6.45, 7) is 6.17. The molecule has 1 aliphatic heterocycles. The molecule has 1 aromatic heterocycles. The molecule has 1 N–H and O–H groups in total. The molecule has 33 heavy (non-hydrogen) atoms. The zero-order chi connectivity index (χ0) is 23.4. The predicted octanol–water partition coefficient (Wildman–Crippen LogP) is 4.35. The number of amides is 2. The van der Waals surface area contributed by atoms with E-state index in [4.69, 9.17) is 4.74 Å². The average molecular weight is 448 g/mol. The largest absolute Gasteiger partial charge is 0.381 e. The van der Waals surface area contributed by atoms with Crippen LogP contribution in [0.25, 0.3) is 10.9 Å². The van der Waals surface area contributed by atoms with Gasteiger partial charge in [-0.15, -0.1) is 0 Å². The predicted molar refractivity (Wildman–Crippen MR) is 130 cm³/mol. The number of unbranched alkanes of at least 4 members (excludes halogenated alkanes) is 1. The third-order valence-electron chi connectivity index (χ3n) is 6.52. The smallest absolute Gasteiger partial charge is 0.255 e. The van der Waals surface area contributed by atoms with Crippen molar-refractivity contribution in [3.05, 3.63) is 70.9 Å². The van der Waals surface area contributed by atoms with Crippen molar-refractivity contribution in [3.63, 3.8) is 0 Å². The fourth-order valence-corrected chi connectivity index (χ4v) is 4.70. The van der Waals surface area contributed by atoms with E-state index in [0.29, 0.717) is 18.7 Å². The Hall–Kier alpha value is -3.12. The Balaban J connectivity index is 1.55. The van der Waals surface area contributed by atoms with Gasteiger partial charge < -0.3 is 19.5 Å². The standard InChI is InChI=1S/C27H33N3O3/c1-4-5-16-33-17-10-15-28-24(31)18-30-26(20-11-6-7-12-21(20)27(30)32)25-19(2)29(3)23-14-9-8-13-22(23)25/h6-9,11-14,26H,4-5,10,15-18H2,1-3H3,(H,28,31). The van der Waals surface area contributed by atoms with Gasteiger partial charge in [0.05, 0.1) is 6.04 Å². The summed E-state index contributed by atoms with van der Waals surface area (Å²) < 4.78 is 7.72. The van der Waals surface area contributed by atoms with Gasteiger partial charge in [0.1, 0.15) is 6.54 Å². The lowest BCUT2D eigenvalue weighted by atomic mass is 9.95. The van der Waals surface area contributed by atoms with Crippen LogP contribution in [0.1, 0.15) is 59.4 Å². The number of para-hydroxylation sites is 1. The highest BCUT2D eigenvalue weighted by Gasteiger charge is 2.40. The van der Waals surface area contributed by atoms with Crippen molar-refractivity contribution in [2.45, 2.75) is 39.2 Å². The maximum Gasteiger partial charge on any atom is 0.255 e. The number of nitrogens with zero attached hydrogens (tertiary/aromatic N) is 2. The van der Waals surface area contributed by atoms with E-state index >= 15 is 0 Å². The monoisotopic (exact) mass is 447 g/mol. The van der Waals surface area contributed by atoms with E-state index in [1.165, 1.54) is 0 Å². The van der Waals surface area contributed by atoms with Crippen LogP contribution in [0, 0.1) is 6.92 Å². The topological polar surface area (TPSA) is 63.6 Å². The van der Waals surface area contributed by atoms with Crippen LogP contribution in [-0.2, 0) is 16.6 Å². The highest BCUT2D eigenvalue weighted by molar-refractivity contribution is 6.02. The summed E-state index contributed by atoms with van der Waals surface area (Å²) in [5, 5.41) is 4.07. The van der Waals surface area contributed by atoms with Crippen molar-refractivity contribution in [2.24, 2.45) is 7.05 Å². The van der Waals surface area contributed by atoms with Crippen LogP contribution < -0.4 is 5.32 Å². The lowest BCUT2D eigenvalue weighted by molar-refractivity contribution is -0.122. The molecule has 4 rings (SSSR count). The molecular weight excluding hydrogens is 414 g/mol. The number of ether oxygens (including phenoxy) is 1. The van der Waals surface area contributed by atoms with E-state index in [0.717, 1.165) is 53.6 Å². The Kier molecular flexibility index (Phi) is 7.14. The first kappa shape index (κ1) is 23.1. The summed E-state index contributed by atoms with van der Waals surface area (Å²) in [5.41, 5.74) is 4.93. The molecule has 3 aromatic rings. The van der Waals surface area contributed by atoms with Gasteiger partial charge in [-0.2, -0.15) is 0 Å². The highest BCUT2D eigenvalue weighted by atomic mass is 16.5. The third-order valence-corrected chi connectivity index (χ3v) is 6.52. The number of hydrogen-bond acceptors (Lipinski definition) is 3. The quantitative estimate of drug-likeness (QED) is 0.470. The molecular formula is C27H33N3O3. The summed E-state index contributed by atoms with van der Waals surface area (Å²) in [7, 11) is 2.05. The van der Waals surface area contributed by atoms with Gasteiger partial charge in [0.2, 0.25) is 5.91 Å². The van der Waals surface area contributed by atoms with Gasteiger partial charge in [0.15, 0.2) is 0 Å². The number of nitrogens with one attached hydrogen (secondary N) is 1. The van der Waals surface area contributed by atoms with Gasteiger partial charge in [-0.1, -0.05) is 49.7 Å². The molecule has 6 nitrogen and oxygen atoms in total. The number of benzene rings is 2. The van der Waals surface area contributed by atoms with E-state index in [-0.39, 0.29) is 24.4 Å². The van der Waals surface area contributed by atoms with Crippen molar-refractivity contribution in [1.29, 1.82) is 0 Å². The van der Waals surface area contributed by atoms with Crippen molar-refractivity contribution in [2.75, 3.05) is 26.3 Å². The first-order valence-electron chi connectivity index (χ1n) is 11.8. The van der Waals surface area contributed by atoms with Crippen molar-refractivity contribution in [1.82, 2.24) is 14.8 Å².